The number of ether oxygens (including phenoxy) is 1. The molecule has 3 saturated heterocycles. The van der Waals surface area contributed by atoms with Gasteiger partial charge in [0, 0.05) is 51.9 Å². The SMILES string of the molecule is C1COC(CCN2CCN(C3CCNC3)CC2)C1. The summed E-state index contributed by atoms with van der Waals surface area (Å²) in [4.78, 5) is 5.31. The lowest BCUT2D eigenvalue weighted by molar-refractivity contribution is 0.0689. The number of hydrogen-bond donors (Lipinski definition) is 1. The van der Waals surface area contributed by atoms with Gasteiger partial charge < -0.3 is 15.0 Å². The van der Waals surface area contributed by atoms with E-state index in [1.807, 2.05) is 0 Å². The Kier molecular flexibility index (Phi) is 4.52. The Morgan fingerprint density at radius 3 is 2.67 bits per heavy atom. The number of nitrogens with one attached hydrogen (secondary N) is 1. The molecule has 0 aromatic heterocycles. The Morgan fingerprint density at radius 2 is 2.00 bits per heavy atom. The molecule has 0 saturated carbocycles. The van der Waals surface area contributed by atoms with E-state index in [-0.39, 0.29) is 0 Å². The summed E-state index contributed by atoms with van der Waals surface area (Å²) in [6, 6.07) is 0.810. The average Bonchev–Trinajstić information content (AvgIpc) is 3.10. The maximum atomic E-state index is 5.70. The number of hydrogen-bond acceptors (Lipinski definition) is 4. The molecular formula is C14H27N3O. The van der Waals surface area contributed by atoms with E-state index >= 15 is 0 Å². The zero-order valence-corrected chi connectivity index (χ0v) is 11.4. The second kappa shape index (κ2) is 6.33. The van der Waals surface area contributed by atoms with Crippen molar-refractivity contribution >= 4 is 0 Å². The quantitative estimate of drug-likeness (QED) is 0.791. The monoisotopic (exact) mass is 253 g/mol. The van der Waals surface area contributed by atoms with Crippen LogP contribution in [0.4, 0.5) is 0 Å². The van der Waals surface area contributed by atoms with Crippen LogP contribution in [0.15, 0.2) is 0 Å². The average molecular weight is 253 g/mol. The molecule has 104 valence electrons. The molecule has 4 nitrogen and oxygen atoms in total. The fraction of sp³-hybridized carbons (Fsp3) is 1.00. The van der Waals surface area contributed by atoms with E-state index in [1.54, 1.807) is 0 Å². The van der Waals surface area contributed by atoms with Crippen LogP contribution in [0.5, 0.6) is 0 Å². The molecule has 0 amide bonds. The van der Waals surface area contributed by atoms with E-state index in [9.17, 15) is 0 Å². The highest BCUT2D eigenvalue weighted by Gasteiger charge is 2.26. The van der Waals surface area contributed by atoms with Gasteiger partial charge in [-0.3, -0.25) is 4.90 Å². The van der Waals surface area contributed by atoms with Gasteiger partial charge in [-0.1, -0.05) is 0 Å². The second-order valence-corrected chi connectivity index (χ2v) is 5.95. The summed E-state index contributed by atoms with van der Waals surface area (Å²) in [7, 11) is 0. The van der Waals surface area contributed by atoms with Crippen LogP contribution in [0.1, 0.15) is 25.7 Å². The third kappa shape index (κ3) is 3.23. The van der Waals surface area contributed by atoms with Gasteiger partial charge in [0.25, 0.3) is 0 Å². The minimum Gasteiger partial charge on any atom is -0.378 e. The Hall–Kier alpha value is -0.160. The van der Waals surface area contributed by atoms with Crippen molar-refractivity contribution < 1.29 is 4.74 Å². The van der Waals surface area contributed by atoms with Crippen LogP contribution in [0, 0.1) is 0 Å². The zero-order chi connectivity index (χ0) is 12.2. The van der Waals surface area contributed by atoms with Gasteiger partial charge in [0.1, 0.15) is 0 Å². The van der Waals surface area contributed by atoms with Gasteiger partial charge in [0.15, 0.2) is 0 Å². The predicted octanol–water partition coefficient (Wildman–Crippen LogP) is 0.535. The lowest BCUT2D eigenvalue weighted by Gasteiger charge is -2.38. The lowest BCUT2D eigenvalue weighted by Crippen LogP contribution is -2.51. The topological polar surface area (TPSA) is 27.7 Å². The normalized spacial score (nSPS) is 35.3. The molecule has 4 heteroatoms. The van der Waals surface area contributed by atoms with Crippen molar-refractivity contribution in [3.63, 3.8) is 0 Å². The fourth-order valence-corrected chi connectivity index (χ4v) is 3.50. The molecule has 3 fully saturated rings. The van der Waals surface area contributed by atoms with Crippen LogP contribution < -0.4 is 5.32 Å². The van der Waals surface area contributed by atoms with E-state index < -0.39 is 0 Å². The summed E-state index contributed by atoms with van der Waals surface area (Å²) in [6.45, 7) is 9.68. The molecule has 2 unspecified atom stereocenters. The highest BCUT2D eigenvalue weighted by molar-refractivity contribution is 4.84. The predicted molar refractivity (Wildman–Crippen MR) is 72.9 cm³/mol. The smallest absolute Gasteiger partial charge is 0.0588 e. The Bertz CT molecular complexity index is 241. The van der Waals surface area contributed by atoms with Crippen LogP contribution >= 0.6 is 0 Å². The van der Waals surface area contributed by atoms with Crippen LogP contribution in [0.3, 0.4) is 0 Å². The van der Waals surface area contributed by atoms with Crippen LogP contribution in [0.2, 0.25) is 0 Å². The first-order chi connectivity index (χ1) is 8.92. The van der Waals surface area contributed by atoms with E-state index in [1.165, 1.54) is 71.5 Å². The number of piperazine rings is 1. The third-order valence-electron chi connectivity index (χ3n) is 4.75. The van der Waals surface area contributed by atoms with Crippen molar-refractivity contribution in [2.24, 2.45) is 0 Å². The molecule has 0 aromatic carbocycles. The molecule has 0 bridgehead atoms. The molecule has 3 heterocycles. The summed E-state index contributed by atoms with van der Waals surface area (Å²) >= 11 is 0. The molecule has 0 aliphatic carbocycles. The Labute approximate surface area is 111 Å². The van der Waals surface area contributed by atoms with Gasteiger partial charge in [-0.05, 0) is 32.2 Å². The molecule has 18 heavy (non-hydrogen) atoms. The van der Waals surface area contributed by atoms with Gasteiger partial charge in [0.05, 0.1) is 6.10 Å². The number of nitrogens with zero attached hydrogens (tertiary/aromatic N) is 2. The maximum absolute atomic E-state index is 5.70. The first-order valence-electron chi connectivity index (χ1n) is 7.70. The standard InChI is InChI=1S/C14H27N3O/c1-2-14(18-11-1)4-6-16-7-9-17(10-8-16)13-3-5-15-12-13/h13-15H,1-12H2. The lowest BCUT2D eigenvalue weighted by atomic mass is 10.1. The third-order valence-corrected chi connectivity index (χ3v) is 4.75. The van der Waals surface area contributed by atoms with Crippen molar-refractivity contribution in [2.75, 3.05) is 52.4 Å². The molecule has 0 aromatic rings. The van der Waals surface area contributed by atoms with Crippen molar-refractivity contribution in [1.82, 2.24) is 15.1 Å². The maximum Gasteiger partial charge on any atom is 0.0588 e. The highest BCUT2D eigenvalue weighted by Crippen LogP contribution is 2.17. The van der Waals surface area contributed by atoms with Gasteiger partial charge in [0.2, 0.25) is 0 Å². The molecule has 3 rings (SSSR count). The Balaban J connectivity index is 1.34. The molecule has 3 aliphatic rings. The fourth-order valence-electron chi connectivity index (χ4n) is 3.50. The van der Waals surface area contributed by atoms with E-state index in [0.717, 1.165) is 12.6 Å². The molecular weight excluding hydrogens is 226 g/mol. The van der Waals surface area contributed by atoms with E-state index in [0.29, 0.717) is 6.10 Å². The van der Waals surface area contributed by atoms with Crippen LogP contribution in [-0.2, 0) is 4.74 Å². The largest absolute Gasteiger partial charge is 0.378 e. The van der Waals surface area contributed by atoms with Gasteiger partial charge in [-0.25, -0.2) is 0 Å². The summed E-state index contributed by atoms with van der Waals surface area (Å²) in [6.07, 6.45) is 5.70. The van der Waals surface area contributed by atoms with Crippen molar-refractivity contribution in [1.29, 1.82) is 0 Å². The van der Waals surface area contributed by atoms with Gasteiger partial charge >= 0.3 is 0 Å². The molecule has 0 radical (unpaired) electrons. The van der Waals surface area contributed by atoms with E-state index in [2.05, 4.69) is 15.1 Å². The summed E-state index contributed by atoms with van der Waals surface area (Å²) in [5, 5.41) is 3.47. The second-order valence-electron chi connectivity index (χ2n) is 5.95. The van der Waals surface area contributed by atoms with Crippen molar-refractivity contribution in [2.45, 2.75) is 37.8 Å². The minimum atomic E-state index is 0.557. The van der Waals surface area contributed by atoms with Crippen molar-refractivity contribution in [3.8, 4) is 0 Å². The van der Waals surface area contributed by atoms with Crippen LogP contribution in [-0.4, -0.2) is 74.4 Å². The zero-order valence-electron chi connectivity index (χ0n) is 11.4. The summed E-state index contributed by atoms with van der Waals surface area (Å²) in [5.41, 5.74) is 0. The molecule has 1 N–H and O–H groups in total. The summed E-state index contributed by atoms with van der Waals surface area (Å²) < 4.78 is 5.70. The molecule has 3 aliphatic heterocycles. The summed E-state index contributed by atoms with van der Waals surface area (Å²) in [5.74, 6) is 0. The molecule has 0 spiro atoms. The van der Waals surface area contributed by atoms with E-state index in [4.69, 9.17) is 4.74 Å². The first kappa shape index (κ1) is 12.9. The van der Waals surface area contributed by atoms with Crippen molar-refractivity contribution in [3.05, 3.63) is 0 Å². The Morgan fingerprint density at radius 1 is 1.11 bits per heavy atom. The highest BCUT2D eigenvalue weighted by atomic mass is 16.5. The van der Waals surface area contributed by atoms with Crippen LogP contribution in [0.25, 0.3) is 0 Å². The van der Waals surface area contributed by atoms with Gasteiger partial charge in [-0.2, -0.15) is 0 Å². The number of rotatable bonds is 4. The molecule has 2 atom stereocenters. The van der Waals surface area contributed by atoms with Gasteiger partial charge in [-0.15, -0.1) is 0 Å². The first-order valence-corrected chi connectivity index (χ1v) is 7.70. The minimum absolute atomic E-state index is 0.557.